The number of rotatable bonds is 1. The lowest BCUT2D eigenvalue weighted by Crippen LogP contribution is -1.74. The predicted octanol–water partition coefficient (Wildman–Crippen LogP) is 5.03. The molecule has 3 rings (SSSR count). The van der Waals surface area contributed by atoms with E-state index in [0.29, 0.717) is 0 Å². The van der Waals surface area contributed by atoms with E-state index in [4.69, 9.17) is 0 Å². The molecule has 0 saturated carbocycles. The van der Waals surface area contributed by atoms with Gasteiger partial charge >= 0.3 is 0 Å². The topological polar surface area (TPSA) is 0 Å². The summed E-state index contributed by atoms with van der Waals surface area (Å²) in [5.41, 5.74) is 0. The zero-order chi connectivity index (χ0) is 11.8. The van der Waals surface area contributed by atoms with Crippen molar-refractivity contribution < 1.29 is 4.39 Å². The van der Waals surface area contributed by atoms with Gasteiger partial charge in [0.05, 0.1) is 0 Å². The molecule has 0 spiro atoms. The molecule has 1 aromatic heterocycles. The van der Waals surface area contributed by atoms with Crippen molar-refractivity contribution in [3.8, 4) is 4.90 Å². The first kappa shape index (κ1) is 10.5. The van der Waals surface area contributed by atoms with Gasteiger partial charge in [-0.05, 0) is 24.3 Å². The number of benzene rings is 2. The molecule has 1 atom stereocenters. The molecule has 0 saturated heterocycles. The van der Waals surface area contributed by atoms with Crippen molar-refractivity contribution in [2.75, 3.05) is 0 Å². The fourth-order valence-corrected chi connectivity index (χ4v) is 4.32. The largest absolute Gasteiger partial charge is 0.207 e. The van der Waals surface area contributed by atoms with Gasteiger partial charge in [-0.15, -0.1) is 0 Å². The van der Waals surface area contributed by atoms with Gasteiger partial charge in [0.15, 0.2) is 14.5 Å². The molecule has 0 aliphatic rings. The van der Waals surface area contributed by atoms with E-state index in [1.165, 1.54) is 32.0 Å². The van der Waals surface area contributed by atoms with Crippen molar-refractivity contribution >= 4 is 20.6 Å². The zero-order valence-electron chi connectivity index (χ0n) is 9.48. The van der Waals surface area contributed by atoms with Crippen molar-refractivity contribution in [2.24, 2.45) is 0 Å². The average molecular weight is 243 g/mol. The summed E-state index contributed by atoms with van der Waals surface area (Å²) in [4.78, 5) is 2.53. The van der Waals surface area contributed by atoms with Crippen LogP contribution in [0.4, 0.5) is 4.39 Å². The molecule has 2 heteroatoms. The SMILES string of the molecule is Cc1cc2ccccc2[s+]1-c1ccc(F)cc1. The Morgan fingerprint density at radius 3 is 2.41 bits per heavy atom. The maximum absolute atomic E-state index is 13.0. The normalized spacial score (nSPS) is 12.0. The molecule has 0 nitrogen and oxygen atoms in total. The second-order valence-electron chi connectivity index (χ2n) is 4.05. The third kappa shape index (κ3) is 1.75. The summed E-state index contributed by atoms with van der Waals surface area (Å²) >= 11 is 0. The third-order valence-electron chi connectivity index (χ3n) is 2.87. The zero-order valence-corrected chi connectivity index (χ0v) is 10.3. The summed E-state index contributed by atoms with van der Waals surface area (Å²) in [6.07, 6.45) is 0. The summed E-state index contributed by atoms with van der Waals surface area (Å²) in [5, 5.41) is 1.29. The first-order valence-electron chi connectivity index (χ1n) is 5.53. The number of halogens is 1. The van der Waals surface area contributed by atoms with E-state index in [1.807, 2.05) is 12.1 Å². The number of fused-ring (bicyclic) bond motifs is 1. The van der Waals surface area contributed by atoms with Crippen molar-refractivity contribution in [2.45, 2.75) is 6.92 Å². The molecule has 2 aromatic carbocycles. The number of hydrogen-bond donors (Lipinski definition) is 0. The second kappa shape index (κ2) is 3.97. The van der Waals surface area contributed by atoms with Crippen molar-refractivity contribution in [3.63, 3.8) is 0 Å². The molecule has 3 aromatic rings. The lowest BCUT2D eigenvalue weighted by Gasteiger charge is -1.93. The van der Waals surface area contributed by atoms with Crippen LogP contribution in [0.25, 0.3) is 15.0 Å². The van der Waals surface area contributed by atoms with Crippen LogP contribution >= 0.6 is 10.5 Å². The van der Waals surface area contributed by atoms with Crippen molar-refractivity contribution in [1.82, 2.24) is 0 Å². The molecule has 0 fully saturated rings. The van der Waals surface area contributed by atoms with Crippen LogP contribution in [0.3, 0.4) is 0 Å². The molecule has 0 amide bonds. The highest BCUT2D eigenvalue weighted by molar-refractivity contribution is 7.45. The lowest BCUT2D eigenvalue weighted by molar-refractivity contribution is 0.628. The summed E-state index contributed by atoms with van der Waals surface area (Å²) in [6.45, 7) is 2.15. The molecule has 1 unspecified atom stereocenters. The summed E-state index contributed by atoms with van der Waals surface area (Å²) < 4.78 is 14.3. The number of aryl methyl sites for hydroxylation is 1. The molecule has 1 heterocycles. The van der Waals surface area contributed by atoms with E-state index in [1.54, 1.807) is 0 Å². The summed E-state index contributed by atoms with van der Waals surface area (Å²) in [7, 11) is -0.0242. The first-order chi connectivity index (χ1) is 8.25. The molecular weight excluding hydrogens is 231 g/mol. The minimum Gasteiger partial charge on any atom is -0.207 e. The molecule has 0 radical (unpaired) electrons. The molecule has 84 valence electrons. The third-order valence-corrected chi connectivity index (χ3v) is 5.19. The summed E-state index contributed by atoms with van der Waals surface area (Å²) in [6, 6.07) is 17.5. The van der Waals surface area contributed by atoms with Gasteiger partial charge in [-0.1, -0.05) is 12.1 Å². The highest BCUT2D eigenvalue weighted by atomic mass is 32.2. The lowest BCUT2D eigenvalue weighted by atomic mass is 10.2. The fraction of sp³-hybridized carbons (Fsp3) is 0.0667. The Morgan fingerprint density at radius 2 is 1.65 bits per heavy atom. The van der Waals surface area contributed by atoms with Crippen LogP contribution < -0.4 is 0 Å². The van der Waals surface area contributed by atoms with Crippen LogP contribution in [-0.2, 0) is 0 Å². The van der Waals surface area contributed by atoms with Crippen LogP contribution in [0.1, 0.15) is 4.88 Å². The van der Waals surface area contributed by atoms with Gasteiger partial charge in [-0.2, -0.15) is 0 Å². The van der Waals surface area contributed by atoms with Crippen LogP contribution in [0.5, 0.6) is 0 Å². The first-order valence-corrected chi connectivity index (χ1v) is 6.75. The van der Waals surface area contributed by atoms with Gasteiger partial charge in [0, 0.05) is 41.0 Å². The molecule has 0 aliphatic heterocycles. The minimum atomic E-state index is -0.175. The Morgan fingerprint density at radius 1 is 0.941 bits per heavy atom. The Labute approximate surface area is 102 Å². The van der Waals surface area contributed by atoms with Gasteiger partial charge in [0.1, 0.15) is 5.82 Å². The van der Waals surface area contributed by atoms with Crippen LogP contribution in [0.2, 0.25) is 0 Å². The number of thiophene rings is 1. The van der Waals surface area contributed by atoms with E-state index < -0.39 is 0 Å². The Bertz CT molecular complexity index is 665. The molecule has 17 heavy (non-hydrogen) atoms. The van der Waals surface area contributed by atoms with E-state index in [0.717, 1.165) is 0 Å². The van der Waals surface area contributed by atoms with Crippen molar-refractivity contribution in [3.05, 3.63) is 65.3 Å². The van der Waals surface area contributed by atoms with Gasteiger partial charge in [-0.3, -0.25) is 0 Å². The van der Waals surface area contributed by atoms with Gasteiger partial charge in [0.25, 0.3) is 0 Å². The highest BCUT2D eigenvalue weighted by Crippen LogP contribution is 2.43. The van der Waals surface area contributed by atoms with Crippen LogP contribution in [0, 0.1) is 12.7 Å². The van der Waals surface area contributed by atoms with Gasteiger partial charge < -0.3 is 0 Å². The smallest absolute Gasteiger partial charge is 0.186 e. The van der Waals surface area contributed by atoms with E-state index in [2.05, 4.69) is 37.3 Å². The van der Waals surface area contributed by atoms with E-state index in [9.17, 15) is 4.39 Å². The Balaban J connectivity index is 2.29. The van der Waals surface area contributed by atoms with E-state index >= 15 is 0 Å². The maximum Gasteiger partial charge on any atom is 0.186 e. The number of hydrogen-bond acceptors (Lipinski definition) is 0. The van der Waals surface area contributed by atoms with Crippen LogP contribution in [0.15, 0.2) is 54.6 Å². The fourth-order valence-electron chi connectivity index (χ4n) is 2.12. The van der Waals surface area contributed by atoms with Gasteiger partial charge in [0.2, 0.25) is 0 Å². The highest BCUT2D eigenvalue weighted by Gasteiger charge is 2.19. The van der Waals surface area contributed by atoms with Crippen molar-refractivity contribution in [1.29, 1.82) is 0 Å². The molecule has 0 aliphatic carbocycles. The minimum absolute atomic E-state index is 0.0242. The van der Waals surface area contributed by atoms with Crippen LogP contribution in [-0.4, -0.2) is 0 Å². The molecule has 0 bridgehead atoms. The Hall–Kier alpha value is -1.67. The second-order valence-corrected chi connectivity index (χ2v) is 6.22. The van der Waals surface area contributed by atoms with E-state index in [-0.39, 0.29) is 16.3 Å². The summed E-state index contributed by atoms with van der Waals surface area (Å²) in [5.74, 6) is -0.175. The molecule has 0 N–H and O–H groups in total. The van der Waals surface area contributed by atoms with Gasteiger partial charge in [-0.25, -0.2) is 4.39 Å². The average Bonchev–Trinajstić information content (AvgIpc) is 2.66. The standard InChI is InChI=1S/C15H12FS/c1-11-10-12-4-2-3-5-15(12)17(11)14-8-6-13(16)7-9-14/h2-10H,1H3/q+1. The quantitative estimate of drug-likeness (QED) is 0.526. The monoisotopic (exact) mass is 243 g/mol. The molecular formula is C15H12FS+. The predicted molar refractivity (Wildman–Crippen MR) is 72.5 cm³/mol. The maximum atomic E-state index is 13.0. The Kier molecular flexibility index (Phi) is 2.45.